The van der Waals surface area contributed by atoms with Crippen LogP contribution >= 0.6 is 0 Å². The van der Waals surface area contributed by atoms with Gasteiger partial charge in [0, 0.05) is 37.4 Å². The van der Waals surface area contributed by atoms with Crippen LogP contribution < -0.4 is 10.6 Å². The van der Waals surface area contributed by atoms with Gasteiger partial charge in [0.25, 0.3) is 5.91 Å². The lowest BCUT2D eigenvalue weighted by atomic mass is 10.1. The molecule has 3 amide bonds. The first-order valence-electron chi connectivity index (χ1n) is 9.34. The summed E-state index contributed by atoms with van der Waals surface area (Å²) in [4.78, 5) is 46.4. The van der Waals surface area contributed by atoms with Gasteiger partial charge in [0.1, 0.15) is 0 Å². The summed E-state index contributed by atoms with van der Waals surface area (Å²) in [6.07, 6.45) is 7.63. The lowest BCUT2D eigenvalue weighted by molar-refractivity contribution is -0.119. The Morgan fingerprint density at radius 1 is 1.07 bits per heavy atom. The molecule has 0 radical (unpaired) electrons. The number of hydrogen-bond acceptors (Lipinski definition) is 6. The smallest absolute Gasteiger partial charge is 0.409 e. The number of aromatic nitrogens is 2. The Bertz CT molecular complexity index is 697. The number of carbonyl (C=O) groups is 3. The minimum Gasteiger partial charge on any atom is -0.453 e. The van der Waals surface area contributed by atoms with Crippen LogP contribution in [0, 0.1) is 5.92 Å². The molecule has 0 unspecified atom stereocenters. The quantitative estimate of drug-likeness (QED) is 0.826. The Morgan fingerprint density at radius 3 is 2.41 bits per heavy atom. The van der Waals surface area contributed by atoms with Gasteiger partial charge in [-0.3, -0.25) is 9.59 Å². The number of carbonyl (C=O) groups excluding carboxylic acids is 3. The summed E-state index contributed by atoms with van der Waals surface area (Å²) >= 11 is 0. The van der Waals surface area contributed by atoms with E-state index in [9.17, 15) is 14.4 Å². The lowest BCUT2D eigenvalue weighted by Crippen LogP contribution is -2.46. The zero-order valence-electron chi connectivity index (χ0n) is 15.4. The maximum absolute atomic E-state index is 12.6. The molecule has 3 rings (SSSR count). The number of rotatable bonds is 4. The summed E-state index contributed by atoms with van der Waals surface area (Å²) in [7, 11) is 1.35. The Kier molecular flexibility index (Phi) is 6.20. The van der Waals surface area contributed by atoms with E-state index in [1.165, 1.54) is 19.5 Å². The minimum atomic E-state index is -0.374. The zero-order valence-corrected chi connectivity index (χ0v) is 15.4. The molecule has 1 aliphatic heterocycles. The molecule has 9 heteroatoms. The van der Waals surface area contributed by atoms with Crippen molar-refractivity contribution < 1.29 is 19.1 Å². The Balaban J connectivity index is 1.59. The van der Waals surface area contributed by atoms with Crippen molar-refractivity contribution >= 4 is 23.7 Å². The first-order chi connectivity index (χ1) is 13.1. The highest BCUT2D eigenvalue weighted by Crippen LogP contribution is 2.26. The fraction of sp³-hybridized carbons (Fsp3) is 0.611. The summed E-state index contributed by atoms with van der Waals surface area (Å²) in [5.74, 6) is -0.306. The van der Waals surface area contributed by atoms with Crippen LogP contribution in [0.3, 0.4) is 0 Å². The van der Waals surface area contributed by atoms with Crippen LogP contribution in [0.5, 0.6) is 0 Å². The molecule has 1 aliphatic carbocycles. The van der Waals surface area contributed by atoms with Gasteiger partial charge in [-0.1, -0.05) is 12.8 Å². The fourth-order valence-corrected chi connectivity index (χ4v) is 3.59. The predicted octanol–water partition coefficient (Wildman–Crippen LogP) is 1.57. The van der Waals surface area contributed by atoms with Crippen molar-refractivity contribution in [1.29, 1.82) is 0 Å². The van der Waals surface area contributed by atoms with Crippen LogP contribution in [0.25, 0.3) is 0 Å². The number of likely N-dealkylation sites (tertiary alicyclic amines) is 1. The van der Waals surface area contributed by atoms with Crippen molar-refractivity contribution in [3.63, 3.8) is 0 Å². The molecule has 0 bridgehead atoms. The van der Waals surface area contributed by atoms with Crippen molar-refractivity contribution in [3.8, 4) is 0 Å². The number of methoxy groups -OCH3 is 1. The Labute approximate surface area is 157 Å². The van der Waals surface area contributed by atoms with Crippen LogP contribution in [0.4, 0.5) is 10.6 Å². The van der Waals surface area contributed by atoms with Gasteiger partial charge >= 0.3 is 6.09 Å². The molecule has 2 N–H and O–H groups in total. The Morgan fingerprint density at radius 2 is 1.74 bits per heavy atom. The first kappa shape index (κ1) is 19.1. The summed E-state index contributed by atoms with van der Waals surface area (Å²) in [6.45, 7) is 1.03. The monoisotopic (exact) mass is 375 g/mol. The zero-order chi connectivity index (χ0) is 19.2. The maximum atomic E-state index is 12.6. The molecule has 0 aromatic carbocycles. The van der Waals surface area contributed by atoms with Crippen molar-refractivity contribution in [1.82, 2.24) is 20.2 Å². The summed E-state index contributed by atoms with van der Waals surface area (Å²) in [6, 6.07) is -0.0706. The number of hydrogen-bond donors (Lipinski definition) is 2. The van der Waals surface area contributed by atoms with Gasteiger partial charge < -0.3 is 20.3 Å². The molecule has 0 spiro atoms. The number of ether oxygens (including phenoxy) is 1. The van der Waals surface area contributed by atoms with Gasteiger partial charge in [-0.05, 0) is 25.7 Å². The molecule has 1 saturated carbocycles. The van der Waals surface area contributed by atoms with Gasteiger partial charge in [0.05, 0.1) is 7.11 Å². The van der Waals surface area contributed by atoms with Gasteiger partial charge in [-0.25, -0.2) is 14.8 Å². The standard InChI is InChI=1S/C18H25N5O4/c1-27-18(26)23-10-6-13(7-11-23)21-17(25)14-15(20-9-8-19-14)22-16(24)12-4-2-3-5-12/h8-9,12-13H,2-7,10-11H2,1H3,(H,21,25)(H,20,22,24). The van der Waals surface area contributed by atoms with E-state index in [0.29, 0.717) is 25.9 Å². The van der Waals surface area contributed by atoms with E-state index in [4.69, 9.17) is 4.74 Å². The Hall–Kier alpha value is -2.71. The lowest BCUT2D eigenvalue weighted by Gasteiger charge is -2.31. The van der Waals surface area contributed by atoms with Gasteiger partial charge in [-0.2, -0.15) is 0 Å². The topological polar surface area (TPSA) is 114 Å². The van der Waals surface area contributed by atoms with Crippen molar-refractivity contribution in [3.05, 3.63) is 18.1 Å². The van der Waals surface area contributed by atoms with E-state index in [1.807, 2.05) is 0 Å². The largest absolute Gasteiger partial charge is 0.453 e. The normalized spacial score (nSPS) is 18.2. The van der Waals surface area contributed by atoms with Crippen LogP contribution in [0.2, 0.25) is 0 Å². The second-order valence-electron chi connectivity index (χ2n) is 6.93. The van der Waals surface area contributed by atoms with Crippen LogP contribution in [-0.4, -0.2) is 59.0 Å². The van der Waals surface area contributed by atoms with Gasteiger partial charge in [0.2, 0.25) is 5.91 Å². The number of nitrogens with one attached hydrogen (secondary N) is 2. The number of nitrogens with zero attached hydrogens (tertiary/aromatic N) is 3. The van der Waals surface area contributed by atoms with Crippen molar-refractivity contribution in [2.24, 2.45) is 5.92 Å². The molecule has 9 nitrogen and oxygen atoms in total. The maximum Gasteiger partial charge on any atom is 0.409 e. The minimum absolute atomic E-state index is 0.0226. The third kappa shape index (κ3) is 4.72. The molecular weight excluding hydrogens is 350 g/mol. The molecule has 1 aromatic heterocycles. The number of piperidine rings is 1. The predicted molar refractivity (Wildman–Crippen MR) is 97.1 cm³/mol. The SMILES string of the molecule is COC(=O)N1CCC(NC(=O)c2nccnc2NC(=O)C2CCCC2)CC1. The summed E-state index contributed by atoms with van der Waals surface area (Å²) in [5, 5.41) is 5.68. The van der Waals surface area contributed by atoms with E-state index in [1.54, 1.807) is 4.90 Å². The number of anilines is 1. The third-order valence-corrected chi connectivity index (χ3v) is 5.14. The van der Waals surface area contributed by atoms with E-state index in [2.05, 4.69) is 20.6 Å². The van der Waals surface area contributed by atoms with Gasteiger partial charge in [0.15, 0.2) is 11.5 Å². The molecule has 2 aliphatic rings. The second kappa shape index (κ2) is 8.79. The summed E-state index contributed by atoms with van der Waals surface area (Å²) < 4.78 is 4.71. The van der Waals surface area contributed by atoms with E-state index >= 15 is 0 Å². The number of amides is 3. The van der Waals surface area contributed by atoms with E-state index in [0.717, 1.165) is 25.7 Å². The molecule has 0 atom stereocenters. The summed E-state index contributed by atoms with van der Waals surface area (Å²) in [5.41, 5.74) is 0.110. The highest BCUT2D eigenvalue weighted by atomic mass is 16.5. The first-order valence-corrected chi connectivity index (χ1v) is 9.34. The average Bonchev–Trinajstić information content (AvgIpc) is 3.23. The van der Waals surface area contributed by atoms with Crippen molar-refractivity contribution in [2.45, 2.75) is 44.6 Å². The van der Waals surface area contributed by atoms with Gasteiger partial charge in [-0.15, -0.1) is 0 Å². The second-order valence-corrected chi connectivity index (χ2v) is 6.93. The third-order valence-electron chi connectivity index (χ3n) is 5.14. The highest BCUT2D eigenvalue weighted by molar-refractivity contribution is 6.01. The molecule has 1 saturated heterocycles. The van der Waals surface area contributed by atoms with Crippen LogP contribution in [-0.2, 0) is 9.53 Å². The van der Waals surface area contributed by atoms with Crippen LogP contribution in [0.1, 0.15) is 49.0 Å². The molecule has 2 heterocycles. The van der Waals surface area contributed by atoms with E-state index < -0.39 is 0 Å². The average molecular weight is 375 g/mol. The highest BCUT2D eigenvalue weighted by Gasteiger charge is 2.27. The van der Waals surface area contributed by atoms with E-state index in [-0.39, 0.29) is 41.4 Å². The molecule has 1 aromatic rings. The fourth-order valence-electron chi connectivity index (χ4n) is 3.59. The molecule has 2 fully saturated rings. The molecule has 27 heavy (non-hydrogen) atoms. The molecule has 146 valence electrons. The molecular formula is C18H25N5O4. The van der Waals surface area contributed by atoms with Crippen LogP contribution in [0.15, 0.2) is 12.4 Å². The van der Waals surface area contributed by atoms with Crippen molar-refractivity contribution in [2.75, 3.05) is 25.5 Å².